The number of rotatable bonds is 2. The summed E-state index contributed by atoms with van der Waals surface area (Å²) < 4.78 is 14.2. The molecule has 0 aliphatic rings. The Labute approximate surface area is 101 Å². The van der Waals surface area contributed by atoms with Crippen LogP contribution in [0.2, 0.25) is 0 Å². The van der Waals surface area contributed by atoms with E-state index in [0.29, 0.717) is 17.2 Å². The maximum Gasteiger partial charge on any atom is 0.146 e. The Balaban J connectivity index is 2.26. The molecule has 0 spiro atoms. The number of nitrogens with zero attached hydrogens (tertiary/aromatic N) is 1. The van der Waals surface area contributed by atoms with E-state index in [0.717, 1.165) is 4.47 Å². The van der Waals surface area contributed by atoms with E-state index in [-0.39, 0.29) is 5.82 Å². The molecule has 3 nitrogen and oxygen atoms in total. The van der Waals surface area contributed by atoms with Crippen molar-refractivity contribution in [2.45, 2.75) is 0 Å². The van der Waals surface area contributed by atoms with Gasteiger partial charge in [0.2, 0.25) is 0 Å². The van der Waals surface area contributed by atoms with E-state index in [9.17, 15) is 4.39 Å². The first-order chi connectivity index (χ1) is 7.65. The Morgan fingerprint density at radius 3 is 2.75 bits per heavy atom. The van der Waals surface area contributed by atoms with Crippen molar-refractivity contribution in [3.05, 3.63) is 46.8 Å². The van der Waals surface area contributed by atoms with Gasteiger partial charge in [0.15, 0.2) is 0 Å². The average Bonchev–Trinajstić information content (AvgIpc) is 2.27. The molecule has 0 unspecified atom stereocenters. The number of benzene rings is 1. The molecule has 0 aliphatic carbocycles. The molecule has 82 valence electrons. The molecule has 2 rings (SSSR count). The molecular weight excluding hydrogens is 273 g/mol. The second kappa shape index (κ2) is 4.49. The molecule has 1 aromatic carbocycles. The number of halogens is 2. The van der Waals surface area contributed by atoms with Gasteiger partial charge in [-0.3, -0.25) is 0 Å². The summed E-state index contributed by atoms with van der Waals surface area (Å²) in [5.41, 5.74) is 6.44. The van der Waals surface area contributed by atoms with Crippen molar-refractivity contribution >= 4 is 33.1 Å². The summed E-state index contributed by atoms with van der Waals surface area (Å²) in [6.45, 7) is 0. The van der Waals surface area contributed by atoms with Crippen LogP contribution in [0.4, 0.5) is 21.6 Å². The fourth-order valence-electron chi connectivity index (χ4n) is 1.21. The van der Waals surface area contributed by atoms with Gasteiger partial charge < -0.3 is 11.1 Å². The number of anilines is 3. The van der Waals surface area contributed by atoms with Crippen LogP contribution < -0.4 is 11.1 Å². The van der Waals surface area contributed by atoms with Gasteiger partial charge in [0.25, 0.3) is 0 Å². The van der Waals surface area contributed by atoms with Crippen molar-refractivity contribution in [2.75, 3.05) is 11.1 Å². The van der Waals surface area contributed by atoms with Gasteiger partial charge in [0, 0.05) is 4.47 Å². The van der Waals surface area contributed by atoms with E-state index >= 15 is 0 Å². The first kappa shape index (κ1) is 10.9. The van der Waals surface area contributed by atoms with Crippen molar-refractivity contribution < 1.29 is 4.39 Å². The van der Waals surface area contributed by atoms with Gasteiger partial charge >= 0.3 is 0 Å². The van der Waals surface area contributed by atoms with Gasteiger partial charge in [-0.05, 0) is 30.3 Å². The molecular formula is C11H9BrFN3. The van der Waals surface area contributed by atoms with Crippen LogP contribution in [-0.4, -0.2) is 4.98 Å². The molecule has 0 bridgehead atoms. The fraction of sp³-hybridized carbons (Fsp3) is 0. The number of pyridine rings is 1. The minimum absolute atomic E-state index is 0.332. The predicted octanol–water partition coefficient (Wildman–Crippen LogP) is 3.31. The Bertz CT molecular complexity index is 499. The normalized spacial score (nSPS) is 10.1. The topological polar surface area (TPSA) is 50.9 Å². The second-order valence-electron chi connectivity index (χ2n) is 3.23. The van der Waals surface area contributed by atoms with Crippen molar-refractivity contribution in [1.29, 1.82) is 0 Å². The summed E-state index contributed by atoms with van der Waals surface area (Å²) in [6, 6.07) is 8.05. The Hall–Kier alpha value is -1.62. The molecule has 0 saturated heterocycles. The van der Waals surface area contributed by atoms with Crippen molar-refractivity contribution in [3.8, 4) is 0 Å². The second-order valence-corrected chi connectivity index (χ2v) is 4.14. The van der Waals surface area contributed by atoms with Crippen LogP contribution in [0.1, 0.15) is 0 Å². The Kier molecular flexibility index (Phi) is 3.05. The highest BCUT2D eigenvalue weighted by atomic mass is 79.9. The molecule has 2 aromatic rings. The number of nitrogens with one attached hydrogen (secondary N) is 1. The lowest BCUT2D eigenvalue weighted by atomic mass is 10.3. The van der Waals surface area contributed by atoms with E-state index in [4.69, 9.17) is 5.73 Å². The van der Waals surface area contributed by atoms with E-state index in [1.165, 1.54) is 12.3 Å². The molecule has 0 saturated carbocycles. The summed E-state index contributed by atoms with van der Waals surface area (Å²) >= 11 is 3.27. The van der Waals surface area contributed by atoms with Crippen LogP contribution in [0, 0.1) is 5.82 Å². The minimum Gasteiger partial charge on any atom is -0.397 e. The third-order valence-electron chi connectivity index (χ3n) is 1.98. The lowest BCUT2D eigenvalue weighted by Crippen LogP contribution is -1.96. The third-order valence-corrected chi connectivity index (χ3v) is 2.47. The molecule has 0 radical (unpaired) electrons. The third kappa shape index (κ3) is 2.49. The minimum atomic E-state index is -0.332. The maximum atomic E-state index is 13.4. The molecule has 3 N–H and O–H groups in total. The van der Waals surface area contributed by atoms with Gasteiger partial charge in [-0.2, -0.15) is 0 Å². The quantitative estimate of drug-likeness (QED) is 0.888. The van der Waals surface area contributed by atoms with Crippen molar-refractivity contribution in [3.63, 3.8) is 0 Å². The number of nitrogen functional groups attached to an aromatic ring is 1. The number of hydrogen-bond donors (Lipinski definition) is 2. The summed E-state index contributed by atoms with van der Waals surface area (Å²) in [4.78, 5) is 4.03. The molecule has 0 atom stereocenters. The summed E-state index contributed by atoms with van der Waals surface area (Å²) in [5, 5.41) is 2.87. The van der Waals surface area contributed by atoms with E-state index in [1.54, 1.807) is 24.3 Å². The molecule has 0 aliphatic heterocycles. The van der Waals surface area contributed by atoms with Crippen LogP contribution in [-0.2, 0) is 0 Å². The van der Waals surface area contributed by atoms with Gasteiger partial charge in [-0.25, -0.2) is 9.37 Å². The molecule has 1 aromatic heterocycles. The first-order valence-electron chi connectivity index (χ1n) is 4.59. The van der Waals surface area contributed by atoms with Crippen LogP contribution >= 0.6 is 15.9 Å². The van der Waals surface area contributed by atoms with Gasteiger partial charge in [-0.15, -0.1) is 0 Å². The first-order valence-corrected chi connectivity index (χ1v) is 5.38. The predicted molar refractivity (Wildman–Crippen MR) is 66.0 cm³/mol. The smallest absolute Gasteiger partial charge is 0.146 e. The highest BCUT2D eigenvalue weighted by Gasteiger charge is 2.03. The fourth-order valence-corrected chi connectivity index (χ4v) is 1.57. The summed E-state index contributed by atoms with van der Waals surface area (Å²) in [7, 11) is 0. The molecule has 0 amide bonds. The van der Waals surface area contributed by atoms with Crippen LogP contribution in [0.15, 0.2) is 41.0 Å². The monoisotopic (exact) mass is 281 g/mol. The Morgan fingerprint density at radius 2 is 2.06 bits per heavy atom. The van der Waals surface area contributed by atoms with Gasteiger partial charge in [0.05, 0.1) is 17.6 Å². The summed E-state index contributed by atoms with van der Waals surface area (Å²) in [5.74, 6) is 0.216. The SMILES string of the molecule is Nc1ccc(Nc2cc(Br)ccc2F)nc1. The molecule has 5 heteroatoms. The van der Waals surface area contributed by atoms with Gasteiger partial charge in [-0.1, -0.05) is 15.9 Å². The lowest BCUT2D eigenvalue weighted by Gasteiger charge is -2.07. The lowest BCUT2D eigenvalue weighted by molar-refractivity contribution is 0.631. The zero-order valence-corrected chi connectivity index (χ0v) is 9.83. The Morgan fingerprint density at radius 1 is 1.25 bits per heavy atom. The van der Waals surface area contributed by atoms with E-state index < -0.39 is 0 Å². The van der Waals surface area contributed by atoms with Crippen LogP contribution in [0.25, 0.3) is 0 Å². The van der Waals surface area contributed by atoms with E-state index in [2.05, 4.69) is 26.2 Å². The van der Waals surface area contributed by atoms with Crippen molar-refractivity contribution in [1.82, 2.24) is 4.98 Å². The maximum absolute atomic E-state index is 13.4. The summed E-state index contributed by atoms with van der Waals surface area (Å²) in [6.07, 6.45) is 1.51. The highest BCUT2D eigenvalue weighted by Crippen LogP contribution is 2.23. The zero-order valence-electron chi connectivity index (χ0n) is 8.24. The molecule has 1 heterocycles. The van der Waals surface area contributed by atoms with Gasteiger partial charge in [0.1, 0.15) is 11.6 Å². The number of nitrogens with two attached hydrogens (primary N) is 1. The number of hydrogen-bond acceptors (Lipinski definition) is 3. The zero-order chi connectivity index (χ0) is 11.5. The van der Waals surface area contributed by atoms with Crippen LogP contribution in [0.5, 0.6) is 0 Å². The highest BCUT2D eigenvalue weighted by molar-refractivity contribution is 9.10. The van der Waals surface area contributed by atoms with Crippen molar-refractivity contribution in [2.24, 2.45) is 0 Å². The molecule has 16 heavy (non-hydrogen) atoms. The van der Waals surface area contributed by atoms with E-state index in [1.807, 2.05) is 0 Å². The number of aromatic nitrogens is 1. The largest absolute Gasteiger partial charge is 0.397 e. The average molecular weight is 282 g/mol. The standard InChI is InChI=1S/C11H9BrFN3/c12-7-1-3-9(13)10(5-7)16-11-4-2-8(14)6-15-11/h1-6H,14H2,(H,15,16). The van der Waals surface area contributed by atoms with Crippen LogP contribution in [0.3, 0.4) is 0 Å². The molecule has 0 fully saturated rings.